The molecule has 102 valence electrons. The molecule has 0 atom stereocenters. The van der Waals surface area contributed by atoms with Gasteiger partial charge in [0, 0.05) is 31.4 Å². The van der Waals surface area contributed by atoms with Gasteiger partial charge < -0.3 is 16.0 Å². The summed E-state index contributed by atoms with van der Waals surface area (Å²) in [5.41, 5.74) is 6.62. The van der Waals surface area contributed by atoms with Crippen molar-refractivity contribution in [2.45, 2.75) is 6.42 Å². The molecule has 0 aromatic carbocycles. The molecule has 0 unspecified atom stereocenters. The van der Waals surface area contributed by atoms with Crippen LogP contribution in [0.25, 0.3) is 10.1 Å². The molecule has 2 aromatic heterocycles. The zero-order valence-electron chi connectivity index (χ0n) is 11.1. The summed E-state index contributed by atoms with van der Waals surface area (Å²) in [4.78, 5) is 18.7. The van der Waals surface area contributed by atoms with Crippen molar-refractivity contribution in [2.75, 3.05) is 32.9 Å². The number of rotatable bonds is 5. The second-order valence-corrected chi connectivity index (χ2v) is 5.45. The lowest BCUT2D eigenvalue weighted by Crippen LogP contribution is -2.29. The predicted octanol–water partition coefficient (Wildman–Crippen LogP) is 1.56. The highest BCUT2D eigenvalue weighted by Gasteiger charge is 2.19. The maximum Gasteiger partial charge on any atom is 0.265 e. The second kappa shape index (κ2) is 5.99. The van der Waals surface area contributed by atoms with Gasteiger partial charge in [-0.25, -0.2) is 0 Å². The van der Waals surface area contributed by atoms with E-state index in [0.29, 0.717) is 17.1 Å². The minimum absolute atomic E-state index is 0.0187. The fraction of sp³-hybridized carbons (Fsp3) is 0.385. The number of aromatic nitrogens is 1. The lowest BCUT2D eigenvalue weighted by Gasteiger charge is -2.16. The average molecular weight is 278 g/mol. The summed E-state index contributed by atoms with van der Waals surface area (Å²) in [6, 6.07) is 1.85. The third-order valence-electron chi connectivity index (χ3n) is 2.99. The number of pyridine rings is 1. The maximum atomic E-state index is 12.3. The summed E-state index contributed by atoms with van der Waals surface area (Å²) in [6.45, 7) is 1.61. The van der Waals surface area contributed by atoms with Gasteiger partial charge in [-0.1, -0.05) is 0 Å². The van der Waals surface area contributed by atoms with Gasteiger partial charge >= 0.3 is 0 Å². The Morgan fingerprint density at radius 3 is 3.05 bits per heavy atom. The lowest BCUT2D eigenvalue weighted by molar-refractivity contribution is 0.0799. The summed E-state index contributed by atoms with van der Waals surface area (Å²) in [7, 11) is 3.71. The SMILES string of the molecule is CNCCCN(C)C(=O)c1sc2cnccc2c1N. The Morgan fingerprint density at radius 1 is 1.58 bits per heavy atom. The Hall–Kier alpha value is -1.66. The van der Waals surface area contributed by atoms with Crippen LogP contribution in [-0.2, 0) is 0 Å². The number of nitrogens with two attached hydrogens (primary N) is 1. The quantitative estimate of drug-likeness (QED) is 0.814. The van der Waals surface area contributed by atoms with E-state index in [1.807, 2.05) is 13.1 Å². The third kappa shape index (κ3) is 2.85. The summed E-state index contributed by atoms with van der Waals surface area (Å²) < 4.78 is 0.951. The molecular weight excluding hydrogens is 260 g/mol. The highest BCUT2D eigenvalue weighted by atomic mass is 32.1. The van der Waals surface area contributed by atoms with E-state index in [0.717, 1.165) is 23.1 Å². The van der Waals surface area contributed by atoms with E-state index < -0.39 is 0 Å². The van der Waals surface area contributed by atoms with E-state index in [-0.39, 0.29) is 5.91 Å². The van der Waals surface area contributed by atoms with Gasteiger partial charge in [0.25, 0.3) is 5.91 Å². The van der Waals surface area contributed by atoms with Crippen LogP contribution in [0.1, 0.15) is 16.1 Å². The zero-order chi connectivity index (χ0) is 13.8. The molecule has 5 nitrogen and oxygen atoms in total. The number of anilines is 1. The van der Waals surface area contributed by atoms with Crippen LogP contribution in [0.5, 0.6) is 0 Å². The van der Waals surface area contributed by atoms with E-state index in [1.165, 1.54) is 11.3 Å². The number of nitrogen functional groups attached to an aromatic ring is 1. The van der Waals surface area contributed by atoms with Gasteiger partial charge in [-0.3, -0.25) is 9.78 Å². The molecule has 0 aliphatic rings. The molecule has 0 aliphatic heterocycles. The Kier molecular flexibility index (Phi) is 4.34. The van der Waals surface area contributed by atoms with Crippen LogP contribution in [0.2, 0.25) is 0 Å². The number of thiophene rings is 1. The first-order valence-corrected chi connectivity index (χ1v) is 6.99. The Morgan fingerprint density at radius 2 is 2.37 bits per heavy atom. The molecule has 0 saturated heterocycles. The van der Waals surface area contributed by atoms with Gasteiger partial charge in [0.2, 0.25) is 0 Å². The van der Waals surface area contributed by atoms with Gasteiger partial charge in [-0.15, -0.1) is 11.3 Å². The number of carbonyl (C=O) groups is 1. The average Bonchev–Trinajstić information content (AvgIpc) is 2.76. The summed E-state index contributed by atoms with van der Waals surface area (Å²) >= 11 is 1.41. The molecule has 0 spiro atoms. The van der Waals surface area contributed by atoms with Crippen molar-refractivity contribution in [3.05, 3.63) is 23.3 Å². The van der Waals surface area contributed by atoms with Crippen LogP contribution in [0.4, 0.5) is 5.69 Å². The van der Waals surface area contributed by atoms with Crippen LogP contribution in [-0.4, -0.2) is 43.0 Å². The van der Waals surface area contributed by atoms with Gasteiger partial charge in [-0.05, 0) is 26.1 Å². The van der Waals surface area contributed by atoms with E-state index in [1.54, 1.807) is 24.3 Å². The predicted molar refractivity (Wildman–Crippen MR) is 79.5 cm³/mol. The van der Waals surface area contributed by atoms with Crippen molar-refractivity contribution < 1.29 is 4.79 Å². The molecule has 19 heavy (non-hydrogen) atoms. The van der Waals surface area contributed by atoms with Crippen LogP contribution >= 0.6 is 11.3 Å². The standard InChI is InChI=1S/C13H18N4OS/c1-15-5-3-7-17(2)13(18)12-11(14)9-4-6-16-8-10(9)19-12/h4,6,8,15H,3,5,7,14H2,1-2H3. The number of fused-ring (bicyclic) bond motifs is 1. The first kappa shape index (κ1) is 13.8. The Labute approximate surface area is 116 Å². The third-order valence-corrected chi connectivity index (χ3v) is 4.14. The van der Waals surface area contributed by atoms with Gasteiger partial charge in [0.15, 0.2) is 0 Å². The van der Waals surface area contributed by atoms with E-state index >= 15 is 0 Å². The molecule has 0 saturated carbocycles. The number of nitrogens with zero attached hydrogens (tertiary/aromatic N) is 2. The molecule has 6 heteroatoms. The largest absolute Gasteiger partial charge is 0.397 e. The van der Waals surface area contributed by atoms with Crippen molar-refractivity contribution in [2.24, 2.45) is 0 Å². The first-order chi connectivity index (χ1) is 9.15. The van der Waals surface area contributed by atoms with Crippen LogP contribution < -0.4 is 11.1 Å². The normalized spacial score (nSPS) is 10.8. The maximum absolute atomic E-state index is 12.3. The topological polar surface area (TPSA) is 71.2 Å². The van der Waals surface area contributed by atoms with E-state index in [2.05, 4.69) is 10.3 Å². The van der Waals surface area contributed by atoms with Gasteiger partial charge in [0.1, 0.15) is 4.88 Å². The fourth-order valence-corrected chi connectivity index (χ4v) is 2.98. The zero-order valence-corrected chi connectivity index (χ0v) is 12.0. The highest BCUT2D eigenvalue weighted by molar-refractivity contribution is 7.21. The number of nitrogens with one attached hydrogen (secondary N) is 1. The number of amides is 1. The Bertz CT molecular complexity index is 581. The molecule has 2 rings (SSSR count). The Balaban J connectivity index is 2.19. The molecule has 2 heterocycles. The van der Waals surface area contributed by atoms with Crippen LogP contribution in [0.3, 0.4) is 0 Å². The summed E-state index contributed by atoms with van der Waals surface area (Å²) in [5.74, 6) is -0.0187. The van der Waals surface area contributed by atoms with Gasteiger partial charge in [0.05, 0.1) is 10.4 Å². The van der Waals surface area contributed by atoms with Gasteiger partial charge in [-0.2, -0.15) is 0 Å². The molecule has 0 bridgehead atoms. The highest BCUT2D eigenvalue weighted by Crippen LogP contribution is 2.33. The smallest absolute Gasteiger partial charge is 0.265 e. The number of hydrogen-bond donors (Lipinski definition) is 2. The number of hydrogen-bond acceptors (Lipinski definition) is 5. The minimum atomic E-state index is -0.0187. The molecule has 1 amide bonds. The van der Waals surface area contributed by atoms with Crippen molar-refractivity contribution in [3.63, 3.8) is 0 Å². The van der Waals surface area contributed by atoms with Crippen molar-refractivity contribution >= 4 is 33.0 Å². The van der Waals surface area contributed by atoms with Crippen molar-refractivity contribution in [1.29, 1.82) is 0 Å². The minimum Gasteiger partial charge on any atom is -0.397 e. The summed E-state index contributed by atoms with van der Waals surface area (Å²) in [5, 5.41) is 3.98. The lowest BCUT2D eigenvalue weighted by atomic mass is 10.2. The van der Waals surface area contributed by atoms with Crippen LogP contribution in [0, 0.1) is 0 Å². The van der Waals surface area contributed by atoms with Crippen LogP contribution in [0.15, 0.2) is 18.5 Å². The molecule has 0 radical (unpaired) electrons. The first-order valence-electron chi connectivity index (χ1n) is 6.17. The fourth-order valence-electron chi connectivity index (χ4n) is 1.90. The van der Waals surface area contributed by atoms with E-state index in [4.69, 9.17) is 5.73 Å². The van der Waals surface area contributed by atoms with E-state index in [9.17, 15) is 4.79 Å². The molecule has 3 N–H and O–H groups in total. The molecule has 0 aliphatic carbocycles. The number of carbonyl (C=O) groups excluding carboxylic acids is 1. The second-order valence-electron chi connectivity index (χ2n) is 4.40. The molecule has 0 fully saturated rings. The molecular formula is C13H18N4OS. The monoisotopic (exact) mass is 278 g/mol. The van der Waals surface area contributed by atoms with Crippen molar-refractivity contribution in [1.82, 2.24) is 15.2 Å². The van der Waals surface area contributed by atoms with Crippen molar-refractivity contribution in [3.8, 4) is 0 Å². The molecule has 2 aromatic rings. The summed E-state index contributed by atoms with van der Waals surface area (Å²) in [6.07, 6.45) is 4.36.